The molecule has 0 saturated carbocycles. The first kappa shape index (κ1) is 19.5. The number of carbonyl (C=O) groups is 2. The molecule has 28 heavy (non-hydrogen) atoms. The zero-order chi connectivity index (χ0) is 20.3. The number of nitro benzene ring substituents is 1. The van der Waals surface area contributed by atoms with Gasteiger partial charge in [-0.1, -0.05) is 18.2 Å². The van der Waals surface area contributed by atoms with E-state index in [1.807, 2.05) is 11.8 Å². The van der Waals surface area contributed by atoms with Crippen molar-refractivity contribution in [3.8, 4) is 0 Å². The summed E-state index contributed by atoms with van der Waals surface area (Å²) in [6.07, 6.45) is -0.0402. The number of esters is 1. The van der Waals surface area contributed by atoms with Crippen molar-refractivity contribution in [2.75, 3.05) is 31.7 Å². The Kier molecular flexibility index (Phi) is 5.70. The van der Waals surface area contributed by atoms with E-state index < -0.39 is 16.7 Å². The average Bonchev–Trinajstić information content (AvgIpc) is 2.72. The predicted octanol–water partition coefficient (Wildman–Crippen LogP) is 2.84. The van der Waals surface area contributed by atoms with Crippen LogP contribution in [0.15, 0.2) is 42.5 Å². The standard InChI is InChI=1S/C20H20N2O6/c1-13-12-21(9-10-28-13)17-8-7-14(11-18(17)22(25)26)19(23)15-5-3-4-6-16(15)20(24)27-2/h3-8,11,13H,9-10,12H2,1-2H3. The average molecular weight is 384 g/mol. The van der Waals surface area contributed by atoms with E-state index in [4.69, 9.17) is 9.47 Å². The van der Waals surface area contributed by atoms with E-state index in [0.717, 1.165) is 0 Å². The smallest absolute Gasteiger partial charge is 0.338 e. The summed E-state index contributed by atoms with van der Waals surface area (Å²) < 4.78 is 10.2. The van der Waals surface area contributed by atoms with Crippen LogP contribution in [0, 0.1) is 10.1 Å². The third kappa shape index (κ3) is 3.86. The van der Waals surface area contributed by atoms with Crippen LogP contribution in [-0.2, 0) is 9.47 Å². The Bertz CT molecular complexity index is 927. The minimum Gasteiger partial charge on any atom is -0.465 e. The van der Waals surface area contributed by atoms with Gasteiger partial charge in [0.1, 0.15) is 5.69 Å². The number of rotatable bonds is 5. The highest BCUT2D eigenvalue weighted by molar-refractivity contribution is 6.14. The second kappa shape index (κ2) is 8.18. The lowest BCUT2D eigenvalue weighted by Crippen LogP contribution is -2.41. The maximum Gasteiger partial charge on any atom is 0.338 e. The number of anilines is 1. The summed E-state index contributed by atoms with van der Waals surface area (Å²) in [5.74, 6) is -1.12. The molecular weight excluding hydrogens is 364 g/mol. The lowest BCUT2D eigenvalue weighted by Gasteiger charge is -2.32. The van der Waals surface area contributed by atoms with Crippen molar-refractivity contribution in [1.82, 2.24) is 0 Å². The Morgan fingerprint density at radius 3 is 2.57 bits per heavy atom. The molecule has 1 heterocycles. The van der Waals surface area contributed by atoms with Crippen LogP contribution >= 0.6 is 0 Å². The summed E-state index contributed by atoms with van der Waals surface area (Å²) in [5.41, 5.74) is 0.668. The van der Waals surface area contributed by atoms with Crippen LogP contribution in [0.4, 0.5) is 11.4 Å². The molecule has 1 atom stereocenters. The zero-order valence-corrected chi connectivity index (χ0v) is 15.6. The summed E-state index contributed by atoms with van der Waals surface area (Å²) in [6.45, 7) is 3.44. The van der Waals surface area contributed by atoms with E-state index in [9.17, 15) is 19.7 Å². The number of morpholine rings is 1. The number of nitrogens with zero attached hydrogens (tertiary/aromatic N) is 2. The predicted molar refractivity (Wildman–Crippen MR) is 102 cm³/mol. The van der Waals surface area contributed by atoms with Gasteiger partial charge >= 0.3 is 5.97 Å². The molecule has 1 fully saturated rings. The normalized spacial score (nSPS) is 16.5. The molecule has 1 aliphatic rings. The molecule has 1 aliphatic heterocycles. The van der Waals surface area contributed by atoms with Crippen LogP contribution < -0.4 is 4.90 Å². The second-order valence-corrected chi connectivity index (χ2v) is 6.45. The molecule has 0 spiro atoms. The lowest BCUT2D eigenvalue weighted by atomic mass is 9.97. The van der Waals surface area contributed by atoms with Crippen molar-refractivity contribution in [3.05, 3.63) is 69.3 Å². The van der Waals surface area contributed by atoms with E-state index in [-0.39, 0.29) is 28.5 Å². The van der Waals surface area contributed by atoms with Crippen LogP contribution in [0.25, 0.3) is 0 Å². The van der Waals surface area contributed by atoms with Gasteiger partial charge in [0.15, 0.2) is 5.78 Å². The fraction of sp³-hybridized carbons (Fsp3) is 0.300. The monoisotopic (exact) mass is 384 g/mol. The van der Waals surface area contributed by atoms with Gasteiger partial charge in [0, 0.05) is 30.3 Å². The Labute approximate surface area is 161 Å². The lowest BCUT2D eigenvalue weighted by molar-refractivity contribution is -0.384. The van der Waals surface area contributed by atoms with Crippen LogP contribution in [0.2, 0.25) is 0 Å². The molecule has 0 aromatic heterocycles. The fourth-order valence-electron chi connectivity index (χ4n) is 3.24. The van der Waals surface area contributed by atoms with E-state index in [2.05, 4.69) is 0 Å². The number of hydrogen-bond acceptors (Lipinski definition) is 7. The quantitative estimate of drug-likeness (QED) is 0.338. The second-order valence-electron chi connectivity index (χ2n) is 6.45. The molecule has 0 bridgehead atoms. The highest BCUT2D eigenvalue weighted by Crippen LogP contribution is 2.31. The Hall–Kier alpha value is -3.26. The van der Waals surface area contributed by atoms with E-state index in [0.29, 0.717) is 25.4 Å². The molecule has 8 nitrogen and oxygen atoms in total. The van der Waals surface area contributed by atoms with Crippen molar-refractivity contribution < 1.29 is 24.0 Å². The Balaban J connectivity index is 2.00. The van der Waals surface area contributed by atoms with Crippen molar-refractivity contribution in [2.45, 2.75) is 13.0 Å². The molecule has 8 heteroatoms. The molecule has 1 saturated heterocycles. The molecule has 0 radical (unpaired) electrons. The molecule has 3 rings (SSSR count). The number of hydrogen-bond donors (Lipinski definition) is 0. The first-order chi connectivity index (χ1) is 13.4. The molecule has 0 amide bonds. The maximum absolute atomic E-state index is 12.9. The number of ketones is 1. The number of ether oxygens (including phenoxy) is 2. The first-order valence-corrected chi connectivity index (χ1v) is 8.79. The van der Waals surface area contributed by atoms with Gasteiger partial charge in [0.25, 0.3) is 5.69 Å². The fourth-order valence-corrected chi connectivity index (χ4v) is 3.24. The van der Waals surface area contributed by atoms with Crippen molar-refractivity contribution >= 4 is 23.1 Å². The maximum atomic E-state index is 12.9. The van der Waals surface area contributed by atoms with Gasteiger partial charge in [0.2, 0.25) is 0 Å². The molecule has 146 valence electrons. The van der Waals surface area contributed by atoms with E-state index in [1.54, 1.807) is 24.3 Å². The molecule has 2 aromatic carbocycles. The van der Waals surface area contributed by atoms with Crippen LogP contribution in [-0.4, -0.2) is 49.6 Å². The van der Waals surface area contributed by atoms with Crippen LogP contribution in [0.5, 0.6) is 0 Å². The third-order valence-corrected chi connectivity index (χ3v) is 4.59. The molecule has 0 aliphatic carbocycles. The van der Waals surface area contributed by atoms with Gasteiger partial charge in [-0.2, -0.15) is 0 Å². The van der Waals surface area contributed by atoms with Gasteiger partial charge in [-0.15, -0.1) is 0 Å². The van der Waals surface area contributed by atoms with Gasteiger partial charge in [0.05, 0.1) is 30.3 Å². The zero-order valence-electron chi connectivity index (χ0n) is 15.6. The SMILES string of the molecule is COC(=O)c1ccccc1C(=O)c1ccc(N2CCOC(C)C2)c([N+](=O)[O-])c1. The largest absolute Gasteiger partial charge is 0.465 e. The number of nitro groups is 1. The number of benzene rings is 2. The Morgan fingerprint density at radius 1 is 1.21 bits per heavy atom. The molecule has 1 unspecified atom stereocenters. The molecule has 2 aromatic rings. The number of carbonyl (C=O) groups excluding carboxylic acids is 2. The molecular formula is C20H20N2O6. The third-order valence-electron chi connectivity index (χ3n) is 4.59. The number of methoxy groups -OCH3 is 1. The van der Waals surface area contributed by atoms with Gasteiger partial charge in [-0.3, -0.25) is 14.9 Å². The summed E-state index contributed by atoms with van der Waals surface area (Å²) >= 11 is 0. The summed E-state index contributed by atoms with van der Waals surface area (Å²) in [6, 6.07) is 10.6. The van der Waals surface area contributed by atoms with Gasteiger partial charge in [-0.05, 0) is 25.1 Å². The molecule has 0 N–H and O–H groups in total. The summed E-state index contributed by atoms with van der Waals surface area (Å²) in [5, 5.41) is 11.6. The van der Waals surface area contributed by atoms with Gasteiger partial charge < -0.3 is 14.4 Å². The first-order valence-electron chi connectivity index (χ1n) is 8.79. The highest BCUT2D eigenvalue weighted by Gasteiger charge is 2.26. The highest BCUT2D eigenvalue weighted by atomic mass is 16.6. The minimum absolute atomic E-state index is 0.0402. The minimum atomic E-state index is -0.641. The van der Waals surface area contributed by atoms with Crippen molar-refractivity contribution in [1.29, 1.82) is 0 Å². The van der Waals surface area contributed by atoms with Gasteiger partial charge in [-0.25, -0.2) is 4.79 Å². The summed E-state index contributed by atoms with van der Waals surface area (Å²) in [7, 11) is 1.23. The van der Waals surface area contributed by atoms with E-state index >= 15 is 0 Å². The van der Waals surface area contributed by atoms with E-state index in [1.165, 1.54) is 25.3 Å². The van der Waals surface area contributed by atoms with Crippen LogP contribution in [0.1, 0.15) is 33.2 Å². The Morgan fingerprint density at radius 2 is 1.93 bits per heavy atom. The van der Waals surface area contributed by atoms with Crippen LogP contribution in [0.3, 0.4) is 0 Å². The van der Waals surface area contributed by atoms with Crippen molar-refractivity contribution in [2.24, 2.45) is 0 Å². The van der Waals surface area contributed by atoms with Crippen molar-refractivity contribution in [3.63, 3.8) is 0 Å². The summed E-state index contributed by atoms with van der Waals surface area (Å²) in [4.78, 5) is 37.9. The topological polar surface area (TPSA) is 99.0 Å².